The molecule has 0 N–H and O–H groups in total. The van der Waals surface area contributed by atoms with Gasteiger partial charge in [0.1, 0.15) is 5.52 Å². The van der Waals surface area contributed by atoms with E-state index in [9.17, 15) is 9.59 Å². The van der Waals surface area contributed by atoms with Crippen molar-refractivity contribution >= 4 is 50.2 Å². The van der Waals surface area contributed by atoms with E-state index in [2.05, 4.69) is 9.88 Å². The number of nitrogens with zero attached hydrogens (tertiary/aromatic N) is 3. The van der Waals surface area contributed by atoms with E-state index >= 15 is 0 Å². The maximum Gasteiger partial charge on any atom is 0.337 e. The van der Waals surface area contributed by atoms with Gasteiger partial charge in [-0.1, -0.05) is 29.0 Å². The van der Waals surface area contributed by atoms with Crippen LogP contribution in [0.1, 0.15) is 27.1 Å². The quantitative estimate of drug-likeness (QED) is 0.481. The standard InChI is InChI=1S/C23H24ClN3O4S/c1-30-22(29)17-8-6-16(7-9-17)21(28)27(11-3-10-26-12-14-31-15-13-26)23-25-20-18(24)4-2-5-19(20)32-23/h2,4-9H,3,10-15H2,1H3. The molecular formula is C23H24ClN3O4S. The Morgan fingerprint density at radius 1 is 1.16 bits per heavy atom. The molecule has 1 saturated heterocycles. The number of halogens is 1. The highest BCUT2D eigenvalue weighted by Crippen LogP contribution is 2.33. The van der Waals surface area contributed by atoms with Crippen molar-refractivity contribution in [3.63, 3.8) is 0 Å². The lowest BCUT2D eigenvalue weighted by Crippen LogP contribution is -2.39. The Morgan fingerprint density at radius 3 is 2.56 bits per heavy atom. The number of para-hydroxylation sites is 1. The van der Waals surface area contributed by atoms with Crippen LogP contribution in [0.15, 0.2) is 42.5 Å². The number of carbonyl (C=O) groups is 2. The highest BCUT2D eigenvalue weighted by molar-refractivity contribution is 7.22. The molecule has 0 unspecified atom stereocenters. The molecule has 1 aliphatic rings. The van der Waals surface area contributed by atoms with E-state index in [1.807, 2.05) is 12.1 Å². The molecule has 1 fully saturated rings. The summed E-state index contributed by atoms with van der Waals surface area (Å²) < 4.78 is 11.1. The Kier molecular flexibility index (Phi) is 7.36. The van der Waals surface area contributed by atoms with Crippen LogP contribution in [0.5, 0.6) is 0 Å². The number of ether oxygens (including phenoxy) is 2. The minimum absolute atomic E-state index is 0.168. The second kappa shape index (κ2) is 10.4. The molecule has 0 bridgehead atoms. The number of thiazole rings is 1. The predicted molar refractivity (Wildman–Crippen MR) is 126 cm³/mol. The summed E-state index contributed by atoms with van der Waals surface area (Å²) in [7, 11) is 1.33. The van der Waals surface area contributed by atoms with Crippen molar-refractivity contribution in [2.75, 3.05) is 51.4 Å². The van der Waals surface area contributed by atoms with Crippen LogP contribution in [0.4, 0.5) is 5.13 Å². The fourth-order valence-electron chi connectivity index (χ4n) is 3.60. The van der Waals surface area contributed by atoms with Gasteiger partial charge in [-0.2, -0.15) is 0 Å². The van der Waals surface area contributed by atoms with Gasteiger partial charge in [0.25, 0.3) is 5.91 Å². The largest absolute Gasteiger partial charge is 0.465 e. The van der Waals surface area contributed by atoms with E-state index in [1.165, 1.54) is 18.4 Å². The molecule has 0 radical (unpaired) electrons. The molecule has 0 atom stereocenters. The van der Waals surface area contributed by atoms with Crippen molar-refractivity contribution in [1.82, 2.24) is 9.88 Å². The summed E-state index contributed by atoms with van der Waals surface area (Å²) in [6.45, 7) is 4.68. The summed E-state index contributed by atoms with van der Waals surface area (Å²) in [6.07, 6.45) is 0.801. The van der Waals surface area contributed by atoms with Crippen molar-refractivity contribution in [1.29, 1.82) is 0 Å². The van der Waals surface area contributed by atoms with Crippen LogP contribution in [0.3, 0.4) is 0 Å². The molecule has 7 nitrogen and oxygen atoms in total. The van der Waals surface area contributed by atoms with E-state index < -0.39 is 5.97 Å². The zero-order valence-electron chi connectivity index (χ0n) is 17.8. The summed E-state index contributed by atoms with van der Waals surface area (Å²) in [5, 5.41) is 1.17. The van der Waals surface area contributed by atoms with Gasteiger partial charge in [0.15, 0.2) is 5.13 Å². The first-order valence-corrected chi connectivity index (χ1v) is 11.6. The summed E-state index contributed by atoms with van der Waals surface area (Å²) in [6, 6.07) is 12.1. The molecule has 4 rings (SSSR count). The fourth-order valence-corrected chi connectivity index (χ4v) is 4.89. The molecule has 2 heterocycles. The number of carbonyl (C=O) groups excluding carboxylic acids is 2. The maximum absolute atomic E-state index is 13.4. The van der Waals surface area contributed by atoms with E-state index in [0.29, 0.717) is 33.3 Å². The first-order chi connectivity index (χ1) is 15.6. The van der Waals surface area contributed by atoms with Crippen LogP contribution in [-0.2, 0) is 9.47 Å². The van der Waals surface area contributed by atoms with Gasteiger partial charge in [0, 0.05) is 31.7 Å². The topological polar surface area (TPSA) is 72.0 Å². The molecule has 9 heteroatoms. The van der Waals surface area contributed by atoms with E-state index in [4.69, 9.17) is 21.1 Å². The van der Waals surface area contributed by atoms with Gasteiger partial charge in [-0.05, 0) is 42.8 Å². The lowest BCUT2D eigenvalue weighted by molar-refractivity contribution is 0.0376. The van der Waals surface area contributed by atoms with Crippen LogP contribution < -0.4 is 4.90 Å². The average Bonchev–Trinajstić information content (AvgIpc) is 3.27. The highest BCUT2D eigenvalue weighted by atomic mass is 35.5. The molecule has 1 amide bonds. The Morgan fingerprint density at radius 2 is 1.88 bits per heavy atom. The summed E-state index contributed by atoms with van der Waals surface area (Å²) in [4.78, 5) is 33.9. The number of methoxy groups -OCH3 is 1. The molecule has 0 spiro atoms. The monoisotopic (exact) mass is 473 g/mol. The molecule has 1 aliphatic heterocycles. The second-order valence-corrected chi connectivity index (χ2v) is 8.83. The predicted octanol–water partition coefficient (Wildman–Crippen LogP) is 4.11. The van der Waals surface area contributed by atoms with Gasteiger partial charge in [0.2, 0.25) is 0 Å². The number of hydrogen-bond acceptors (Lipinski definition) is 7. The fraction of sp³-hybridized carbons (Fsp3) is 0.348. The SMILES string of the molecule is COC(=O)c1ccc(C(=O)N(CCCN2CCOCC2)c2nc3c(Cl)cccc3s2)cc1. The van der Waals surface area contributed by atoms with Gasteiger partial charge in [0.05, 0.1) is 35.6 Å². The lowest BCUT2D eigenvalue weighted by Gasteiger charge is -2.27. The molecule has 1 aromatic heterocycles. The highest BCUT2D eigenvalue weighted by Gasteiger charge is 2.23. The zero-order valence-corrected chi connectivity index (χ0v) is 19.3. The third kappa shape index (κ3) is 5.10. The van der Waals surface area contributed by atoms with E-state index in [0.717, 1.165) is 44.0 Å². The van der Waals surface area contributed by atoms with Crippen molar-refractivity contribution in [3.8, 4) is 0 Å². The second-order valence-electron chi connectivity index (χ2n) is 7.42. The van der Waals surface area contributed by atoms with Crippen LogP contribution >= 0.6 is 22.9 Å². The number of esters is 1. The van der Waals surface area contributed by atoms with Crippen LogP contribution in [0, 0.1) is 0 Å². The minimum atomic E-state index is -0.438. The zero-order chi connectivity index (χ0) is 22.5. The third-order valence-corrected chi connectivity index (χ3v) is 6.70. The van der Waals surface area contributed by atoms with Gasteiger partial charge >= 0.3 is 5.97 Å². The van der Waals surface area contributed by atoms with E-state index in [-0.39, 0.29) is 5.91 Å². The van der Waals surface area contributed by atoms with Gasteiger partial charge in [-0.15, -0.1) is 0 Å². The number of anilines is 1. The summed E-state index contributed by atoms with van der Waals surface area (Å²) >= 11 is 7.76. The van der Waals surface area contributed by atoms with Gasteiger partial charge < -0.3 is 9.47 Å². The minimum Gasteiger partial charge on any atom is -0.465 e. The smallest absolute Gasteiger partial charge is 0.337 e. The summed E-state index contributed by atoms with van der Waals surface area (Å²) in [5.41, 5.74) is 1.57. The van der Waals surface area contributed by atoms with Gasteiger partial charge in [-0.25, -0.2) is 9.78 Å². The molecule has 168 valence electrons. The number of hydrogen-bond donors (Lipinski definition) is 0. The number of benzene rings is 2. The first-order valence-electron chi connectivity index (χ1n) is 10.4. The van der Waals surface area contributed by atoms with Crippen molar-refractivity contribution < 1.29 is 19.1 Å². The average molecular weight is 474 g/mol. The van der Waals surface area contributed by atoms with Crippen molar-refractivity contribution in [2.45, 2.75) is 6.42 Å². The van der Waals surface area contributed by atoms with E-state index in [1.54, 1.807) is 35.2 Å². The first kappa shape index (κ1) is 22.7. The molecule has 32 heavy (non-hydrogen) atoms. The molecule has 0 saturated carbocycles. The molecular weight excluding hydrogens is 450 g/mol. The lowest BCUT2D eigenvalue weighted by atomic mass is 10.1. The molecule has 3 aromatic rings. The number of morpholine rings is 1. The molecule has 0 aliphatic carbocycles. The van der Waals surface area contributed by atoms with Crippen LogP contribution in [0.25, 0.3) is 10.2 Å². The van der Waals surface area contributed by atoms with Crippen LogP contribution in [0.2, 0.25) is 5.02 Å². The Hall–Kier alpha value is -2.52. The maximum atomic E-state index is 13.4. The Bertz CT molecular complexity index is 1100. The normalized spacial score (nSPS) is 14.4. The number of rotatable bonds is 7. The third-order valence-electron chi connectivity index (χ3n) is 5.35. The summed E-state index contributed by atoms with van der Waals surface area (Å²) in [5.74, 6) is -0.606. The van der Waals surface area contributed by atoms with Crippen LogP contribution in [-0.4, -0.2) is 68.3 Å². The van der Waals surface area contributed by atoms with Crippen molar-refractivity contribution in [3.05, 3.63) is 58.6 Å². The number of amides is 1. The number of fused-ring (bicyclic) bond motifs is 1. The Balaban J connectivity index is 1.57. The Labute approximate surface area is 195 Å². The molecule has 2 aromatic carbocycles. The van der Waals surface area contributed by atoms with Gasteiger partial charge in [-0.3, -0.25) is 14.6 Å². The number of aromatic nitrogens is 1. The van der Waals surface area contributed by atoms with Crippen molar-refractivity contribution in [2.24, 2.45) is 0 Å².